The highest BCUT2D eigenvalue weighted by Crippen LogP contribution is 2.35. The number of carbonyl (C=O) groups excluding carboxylic acids is 1. The zero-order chi connectivity index (χ0) is 14.0. The normalized spacial score (nSPS) is 10.3. The molecule has 2 aromatic rings. The van der Waals surface area contributed by atoms with E-state index in [0.717, 1.165) is 0 Å². The second kappa shape index (κ2) is 5.78. The molecule has 0 aliphatic heterocycles. The lowest BCUT2D eigenvalue weighted by Gasteiger charge is -2.09. The first-order chi connectivity index (χ1) is 9.04. The minimum atomic E-state index is -0.495. The van der Waals surface area contributed by atoms with Crippen molar-refractivity contribution in [1.82, 2.24) is 4.98 Å². The van der Waals surface area contributed by atoms with E-state index in [9.17, 15) is 4.79 Å². The van der Waals surface area contributed by atoms with Gasteiger partial charge in [0.25, 0.3) is 0 Å². The van der Waals surface area contributed by atoms with Crippen molar-refractivity contribution in [3.63, 3.8) is 0 Å². The zero-order valence-corrected chi connectivity index (χ0v) is 12.1. The number of esters is 1. The molecule has 0 unspecified atom stereocenters. The fourth-order valence-corrected chi connectivity index (χ4v) is 2.23. The second-order valence-electron chi connectivity index (χ2n) is 3.64. The fourth-order valence-electron chi connectivity index (χ4n) is 1.60. The van der Waals surface area contributed by atoms with Crippen molar-refractivity contribution < 1.29 is 9.53 Å². The van der Waals surface area contributed by atoms with Crippen molar-refractivity contribution in [2.75, 3.05) is 7.11 Å². The van der Waals surface area contributed by atoms with E-state index in [-0.39, 0.29) is 0 Å². The van der Waals surface area contributed by atoms with E-state index in [1.54, 1.807) is 24.4 Å². The highest BCUT2D eigenvalue weighted by Gasteiger charge is 2.17. The standard InChI is InChI=1S/C13H8Cl3NO2/c1-19-13(18)7-3-2-4-17-12(7)8-5-10(15)11(16)6-9(8)14/h2-6H,1H3. The van der Waals surface area contributed by atoms with Crippen molar-refractivity contribution in [2.24, 2.45) is 0 Å². The van der Waals surface area contributed by atoms with E-state index in [2.05, 4.69) is 4.98 Å². The molecular weight excluding hydrogens is 309 g/mol. The maximum Gasteiger partial charge on any atom is 0.340 e. The number of benzene rings is 1. The average molecular weight is 317 g/mol. The highest BCUT2D eigenvalue weighted by molar-refractivity contribution is 6.44. The number of carbonyl (C=O) groups is 1. The van der Waals surface area contributed by atoms with Gasteiger partial charge < -0.3 is 4.74 Å². The Morgan fingerprint density at radius 1 is 1.16 bits per heavy atom. The van der Waals surface area contributed by atoms with E-state index < -0.39 is 5.97 Å². The van der Waals surface area contributed by atoms with Crippen LogP contribution in [0.4, 0.5) is 0 Å². The molecule has 0 bridgehead atoms. The molecule has 0 N–H and O–H groups in total. The molecule has 6 heteroatoms. The molecule has 98 valence electrons. The molecular formula is C13H8Cl3NO2. The molecule has 0 amide bonds. The number of pyridine rings is 1. The number of aromatic nitrogens is 1. The Balaban J connectivity index is 2.66. The first-order valence-electron chi connectivity index (χ1n) is 5.23. The van der Waals surface area contributed by atoms with Gasteiger partial charge in [0.2, 0.25) is 0 Å². The van der Waals surface area contributed by atoms with Gasteiger partial charge in [0.05, 0.1) is 33.4 Å². The molecule has 0 atom stereocenters. The smallest absolute Gasteiger partial charge is 0.340 e. The lowest BCUT2D eigenvalue weighted by molar-refractivity contribution is 0.0601. The number of hydrogen-bond donors (Lipinski definition) is 0. The molecule has 0 aliphatic rings. The van der Waals surface area contributed by atoms with Gasteiger partial charge in [0.15, 0.2) is 0 Å². The summed E-state index contributed by atoms with van der Waals surface area (Å²) in [6.07, 6.45) is 1.56. The number of methoxy groups -OCH3 is 1. The van der Waals surface area contributed by atoms with Gasteiger partial charge in [0.1, 0.15) is 0 Å². The summed E-state index contributed by atoms with van der Waals surface area (Å²) < 4.78 is 4.71. The SMILES string of the molecule is COC(=O)c1cccnc1-c1cc(Cl)c(Cl)cc1Cl. The minimum Gasteiger partial charge on any atom is -0.465 e. The Kier molecular flexibility index (Phi) is 4.30. The van der Waals surface area contributed by atoms with Crippen molar-refractivity contribution in [3.8, 4) is 11.3 Å². The summed E-state index contributed by atoms with van der Waals surface area (Å²) in [5.41, 5.74) is 1.24. The first-order valence-corrected chi connectivity index (χ1v) is 6.36. The second-order valence-corrected chi connectivity index (χ2v) is 4.86. The van der Waals surface area contributed by atoms with Crippen molar-refractivity contribution in [3.05, 3.63) is 51.1 Å². The maximum atomic E-state index is 11.7. The summed E-state index contributed by atoms with van der Waals surface area (Å²) in [5, 5.41) is 1.03. The van der Waals surface area contributed by atoms with E-state index in [4.69, 9.17) is 39.5 Å². The summed E-state index contributed by atoms with van der Waals surface area (Å²) in [5.74, 6) is -0.495. The van der Waals surface area contributed by atoms with Crippen LogP contribution in [-0.2, 0) is 4.74 Å². The summed E-state index contributed by atoms with van der Waals surface area (Å²) in [7, 11) is 1.30. The first kappa shape index (κ1) is 14.1. The molecule has 0 saturated carbocycles. The number of nitrogens with zero attached hydrogens (tertiary/aromatic N) is 1. The number of hydrogen-bond acceptors (Lipinski definition) is 3. The average Bonchev–Trinajstić information content (AvgIpc) is 2.42. The topological polar surface area (TPSA) is 39.2 Å². The van der Waals surface area contributed by atoms with Gasteiger partial charge in [-0.05, 0) is 24.3 Å². The highest BCUT2D eigenvalue weighted by atomic mass is 35.5. The molecule has 19 heavy (non-hydrogen) atoms. The number of ether oxygens (including phenoxy) is 1. The third-order valence-corrected chi connectivity index (χ3v) is 3.51. The van der Waals surface area contributed by atoms with Crippen LogP contribution in [0, 0.1) is 0 Å². The molecule has 1 aromatic carbocycles. The van der Waals surface area contributed by atoms with Gasteiger partial charge in [-0.25, -0.2) is 4.79 Å². The fraction of sp³-hybridized carbons (Fsp3) is 0.0769. The Bertz CT molecular complexity index is 644. The Hall–Kier alpha value is -1.29. The molecule has 3 nitrogen and oxygen atoms in total. The lowest BCUT2D eigenvalue weighted by Crippen LogP contribution is -2.05. The molecule has 1 aromatic heterocycles. The quantitative estimate of drug-likeness (QED) is 0.605. The van der Waals surface area contributed by atoms with Crippen LogP contribution in [0.15, 0.2) is 30.5 Å². The molecule has 1 heterocycles. The van der Waals surface area contributed by atoms with Crippen LogP contribution in [0.2, 0.25) is 15.1 Å². The molecule has 0 aliphatic carbocycles. The van der Waals surface area contributed by atoms with Gasteiger partial charge in [-0.1, -0.05) is 34.8 Å². The van der Waals surface area contributed by atoms with Gasteiger partial charge >= 0.3 is 5.97 Å². The van der Waals surface area contributed by atoms with Crippen LogP contribution in [0.1, 0.15) is 10.4 Å². The summed E-state index contributed by atoms with van der Waals surface area (Å²) >= 11 is 18.0. The van der Waals surface area contributed by atoms with Crippen molar-refractivity contribution in [2.45, 2.75) is 0 Å². The third kappa shape index (κ3) is 2.84. The third-order valence-electron chi connectivity index (χ3n) is 2.48. The van der Waals surface area contributed by atoms with E-state index >= 15 is 0 Å². The van der Waals surface area contributed by atoms with E-state index in [1.165, 1.54) is 13.2 Å². The molecule has 0 radical (unpaired) electrons. The van der Waals surface area contributed by atoms with E-state index in [1.807, 2.05) is 0 Å². The molecule has 0 fully saturated rings. The predicted molar refractivity (Wildman–Crippen MR) is 76.0 cm³/mol. The number of rotatable bonds is 2. The largest absolute Gasteiger partial charge is 0.465 e. The zero-order valence-electron chi connectivity index (χ0n) is 9.78. The van der Waals surface area contributed by atoms with Crippen molar-refractivity contribution in [1.29, 1.82) is 0 Å². The predicted octanol–water partition coefficient (Wildman–Crippen LogP) is 4.50. The molecule has 2 rings (SSSR count). The minimum absolute atomic E-state index is 0.310. The molecule has 0 spiro atoms. The Labute approximate surface area is 125 Å². The van der Waals surface area contributed by atoms with Gasteiger partial charge in [0, 0.05) is 11.8 Å². The summed E-state index contributed by atoms with van der Waals surface area (Å²) in [4.78, 5) is 15.9. The number of halogens is 3. The molecule has 0 saturated heterocycles. The Morgan fingerprint density at radius 3 is 2.53 bits per heavy atom. The lowest BCUT2D eigenvalue weighted by atomic mass is 10.1. The maximum absolute atomic E-state index is 11.7. The van der Waals surface area contributed by atoms with Crippen LogP contribution < -0.4 is 0 Å². The summed E-state index contributed by atoms with van der Waals surface area (Å²) in [6, 6.07) is 6.33. The van der Waals surface area contributed by atoms with Crippen molar-refractivity contribution >= 4 is 40.8 Å². The van der Waals surface area contributed by atoms with Gasteiger partial charge in [-0.15, -0.1) is 0 Å². The van der Waals surface area contributed by atoms with Crippen LogP contribution >= 0.6 is 34.8 Å². The monoisotopic (exact) mass is 315 g/mol. The summed E-state index contributed by atoms with van der Waals surface area (Å²) in [6.45, 7) is 0. The van der Waals surface area contributed by atoms with Gasteiger partial charge in [-0.3, -0.25) is 4.98 Å². The van der Waals surface area contributed by atoms with Crippen LogP contribution in [0.3, 0.4) is 0 Å². The van der Waals surface area contributed by atoms with Crippen LogP contribution in [0.5, 0.6) is 0 Å². The van der Waals surface area contributed by atoms with Crippen LogP contribution in [-0.4, -0.2) is 18.1 Å². The van der Waals surface area contributed by atoms with Gasteiger partial charge in [-0.2, -0.15) is 0 Å². The Morgan fingerprint density at radius 2 is 1.84 bits per heavy atom. The van der Waals surface area contributed by atoms with Crippen LogP contribution in [0.25, 0.3) is 11.3 Å². The van der Waals surface area contributed by atoms with E-state index in [0.29, 0.717) is 31.9 Å².